The maximum atomic E-state index is 12.3. The smallest absolute Gasteiger partial charge is 0.255 e. The number of ether oxygens (including phenoxy) is 3. The summed E-state index contributed by atoms with van der Waals surface area (Å²) in [6, 6.07) is 14.7. The number of methoxy groups -OCH3 is 2. The Kier molecular flexibility index (Phi) is 6.32. The van der Waals surface area contributed by atoms with Crippen molar-refractivity contribution in [2.75, 3.05) is 27.4 Å². The van der Waals surface area contributed by atoms with Crippen LogP contribution in [0.5, 0.6) is 17.2 Å². The van der Waals surface area contributed by atoms with Crippen molar-refractivity contribution in [1.82, 2.24) is 10.3 Å². The third-order valence-corrected chi connectivity index (χ3v) is 4.00. The molecule has 0 saturated carbocycles. The molecule has 0 aliphatic carbocycles. The van der Waals surface area contributed by atoms with Gasteiger partial charge in [-0.3, -0.25) is 9.78 Å². The second-order valence-electron chi connectivity index (χ2n) is 5.72. The monoisotopic (exact) mass is 376 g/mol. The maximum Gasteiger partial charge on any atom is 0.255 e. The molecule has 1 amide bonds. The Morgan fingerprint density at radius 2 is 1.96 bits per heavy atom. The van der Waals surface area contributed by atoms with E-state index in [1.165, 1.54) is 14.2 Å². The van der Waals surface area contributed by atoms with Crippen molar-refractivity contribution in [2.45, 2.75) is 0 Å². The highest BCUT2D eigenvalue weighted by Crippen LogP contribution is 2.30. The standard InChI is InChI=1S/C22H20N2O4/c1-26-20-9-5-8-18(21(20)27-2)22(25)24-12-3-4-14-28-17-11-10-16-7-6-13-23-19(16)15-17/h5-11,13,15H,12,14H2,1-2H3,(H,24,25). The summed E-state index contributed by atoms with van der Waals surface area (Å²) in [5, 5.41) is 3.79. The Bertz CT molecular complexity index is 1040. The van der Waals surface area contributed by atoms with Gasteiger partial charge in [-0.2, -0.15) is 0 Å². The fraction of sp³-hybridized carbons (Fsp3) is 0.182. The van der Waals surface area contributed by atoms with Gasteiger partial charge in [0.05, 0.1) is 31.8 Å². The summed E-state index contributed by atoms with van der Waals surface area (Å²) in [6.45, 7) is 0.415. The molecule has 0 aliphatic rings. The lowest BCUT2D eigenvalue weighted by Crippen LogP contribution is -2.24. The summed E-state index contributed by atoms with van der Waals surface area (Å²) in [5.41, 5.74) is 1.26. The van der Waals surface area contributed by atoms with Crippen molar-refractivity contribution >= 4 is 16.8 Å². The second-order valence-corrected chi connectivity index (χ2v) is 5.72. The molecule has 0 atom stereocenters. The van der Waals surface area contributed by atoms with Gasteiger partial charge >= 0.3 is 0 Å². The molecule has 142 valence electrons. The molecule has 2 aromatic carbocycles. The van der Waals surface area contributed by atoms with Gasteiger partial charge in [0, 0.05) is 17.6 Å². The number of pyridine rings is 1. The van der Waals surface area contributed by atoms with Crippen LogP contribution in [0.2, 0.25) is 0 Å². The Labute approximate surface area is 163 Å². The second kappa shape index (κ2) is 9.28. The van der Waals surface area contributed by atoms with Gasteiger partial charge in [0.25, 0.3) is 5.91 Å². The van der Waals surface area contributed by atoms with Crippen LogP contribution in [0.1, 0.15) is 10.4 Å². The first-order chi connectivity index (χ1) is 13.7. The number of nitrogens with one attached hydrogen (secondary N) is 1. The number of carbonyl (C=O) groups excluding carboxylic acids is 1. The Morgan fingerprint density at radius 1 is 1.07 bits per heavy atom. The van der Waals surface area contributed by atoms with E-state index < -0.39 is 0 Å². The molecule has 28 heavy (non-hydrogen) atoms. The van der Waals surface area contributed by atoms with E-state index in [4.69, 9.17) is 14.2 Å². The van der Waals surface area contributed by atoms with E-state index >= 15 is 0 Å². The summed E-state index contributed by atoms with van der Waals surface area (Å²) < 4.78 is 16.1. The number of hydrogen-bond donors (Lipinski definition) is 1. The maximum absolute atomic E-state index is 12.3. The number of amides is 1. The third-order valence-electron chi connectivity index (χ3n) is 4.00. The number of para-hydroxylation sites is 1. The summed E-state index contributed by atoms with van der Waals surface area (Å²) in [4.78, 5) is 16.6. The normalized spacial score (nSPS) is 9.93. The van der Waals surface area contributed by atoms with E-state index in [0.717, 1.165) is 10.9 Å². The lowest BCUT2D eigenvalue weighted by Gasteiger charge is -2.11. The number of hydrogen-bond acceptors (Lipinski definition) is 5. The van der Waals surface area contributed by atoms with Gasteiger partial charge in [-0.25, -0.2) is 0 Å². The molecule has 6 heteroatoms. The zero-order valence-corrected chi connectivity index (χ0v) is 15.7. The molecule has 0 aliphatic heterocycles. The van der Waals surface area contributed by atoms with E-state index in [2.05, 4.69) is 22.1 Å². The Hall–Kier alpha value is -3.72. The molecule has 3 aromatic rings. The number of rotatable bonds is 6. The highest BCUT2D eigenvalue weighted by molar-refractivity contribution is 5.97. The quantitative estimate of drug-likeness (QED) is 0.670. The minimum absolute atomic E-state index is 0.196. The van der Waals surface area contributed by atoms with Gasteiger partial charge < -0.3 is 19.5 Å². The van der Waals surface area contributed by atoms with E-state index in [0.29, 0.717) is 22.8 Å². The van der Waals surface area contributed by atoms with Gasteiger partial charge in [-0.1, -0.05) is 24.0 Å². The van der Waals surface area contributed by atoms with Crippen molar-refractivity contribution in [1.29, 1.82) is 0 Å². The molecule has 0 fully saturated rings. The number of benzene rings is 2. The first kappa shape index (κ1) is 19.1. The summed E-state index contributed by atoms with van der Waals surface area (Å²) in [7, 11) is 3.02. The lowest BCUT2D eigenvalue weighted by molar-refractivity contribution is 0.0955. The van der Waals surface area contributed by atoms with Crippen LogP contribution in [0.15, 0.2) is 54.7 Å². The van der Waals surface area contributed by atoms with E-state index in [9.17, 15) is 4.79 Å². The van der Waals surface area contributed by atoms with Crippen molar-refractivity contribution in [3.05, 3.63) is 60.3 Å². The van der Waals surface area contributed by atoms with Crippen LogP contribution in [0, 0.1) is 11.8 Å². The van der Waals surface area contributed by atoms with Gasteiger partial charge in [0.2, 0.25) is 0 Å². The summed E-state index contributed by atoms with van der Waals surface area (Å²) in [5.74, 6) is 7.05. The van der Waals surface area contributed by atoms with Crippen molar-refractivity contribution in [2.24, 2.45) is 0 Å². The average molecular weight is 376 g/mol. The van der Waals surface area contributed by atoms with Crippen LogP contribution in [0.3, 0.4) is 0 Å². The van der Waals surface area contributed by atoms with Crippen LogP contribution in [-0.4, -0.2) is 38.3 Å². The topological polar surface area (TPSA) is 69.7 Å². The van der Waals surface area contributed by atoms with Crippen molar-refractivity contribution in [3.8, 4) is 29.1 Å². The fourth-order valence-electron chi connectivity index (χ4n) is 2.65. The Balaban J connectivity index is 1.52. The first-order valence-corrected chi connectivity index (χ1v) is 8.65. The number of carbonyl (C=O) groups is 1. The minimum atomic E-state index is -0.286. The molecule has 0 bridgehead atoms. The lowest BCUT2D eigenvalue weighted by atomic mass is 10.1. The average Bonchev–Trinajstić information content (AvgIpc) is 2.75. The van der Waals surface area contributed by atoms with E-state index in [1.807, 2.05) is 30.3 Å². The predicted octanol–water partition coefficient (Wildman–Crippen LogP) is 3.06. The third kappa shape index (κ3) is 4.51. The number of nitrogens with zero attached hydrogens (tertiary/aromatic N) is 1. The molecule has 1 N–H and O–H groups in total. The molecule has 0 saturated heterocycles. The Morgan fingerprint density at radius 3 is 2.79 bits per heavy atom. The van der Waals surface area contributed by atoms with Crippen LogP contribution in [0.4, 0.5) is 0 Å². The van der Waals surface area contributed by atoms with Crippen LogP contribution in [-0.2, 0) is 0 Å². The van der Waals surface area contributed by atoms with Crippen LogP contribution in [0.25, 0.3) is 10.9 Å². The molecule has 0 spiro atoms. The van der Waals surface area contributed by atoms with Crippen molar-refractivity contribution < 1.29 is 19.0 Å². The summed E-state index contributed by atoms with van der Waals surface area (Å²) in [6.07, 6.45) is 1.74. The van der Waals surface area contributed by atoms with Gasteiger partial charge in [0.15, 0.2) is 11.5 Å². The molecule has 6 nitrogen and oxygen atoms in total. The van der Waals surface area contributed by atoms with Crippen LogP contribution < -0.4 is 19.5 Å². The van der Waals surface area contributed by atoms with Gasteiger partial charge in [-0.05, 0) is 30.3 Å². The SMILES string of the molecule is COc1cccc(C(=O)NCC#CCOc2ccc3cccnc3c2)c1OC. The van der Waals surface area contributed by atoms with Gasteiger partial charge in [0.1, 0.15) is 12.4 Å². The van der Waals surface area contributed by atoms with E-state index in [-0.39, 0.29) is 19.1 Å². The van der Waals surface area contributed by atoms with Gasteiger partial charge in [-0.15, -0.1) is 0 Å². The zero-order chi connectivity index (χ0) is 19.8. The number of fused-ring (bicyclic) bond motifs is 1. The molecule has 1 aromatic heterocycles. The zero-order valence-electron chi connectivity index (χ0n) is 15.7. The molecule has 0 radical (unpaired) electrons. The molecular formula is C22H20N2O4. The summed E-state index contributed by atoms with van der Waals surface area (Å²) >= 11 is 0. The van der Waals surface area contributed by atoms with Crippen LogP contribution >= 0.6 is 0 Å². The fourth-order valence-corrected chi connectivity index (χ4v) is 2.65. The van der Waals surface area contributed by atoms with Crippen molar-refractivity contribution in [3.63, 3.8) is 0 Å². The largest absolute Gasteiger partial charge is 0.493 e. The number of aromatic nitrogens is 1. The van der Waals surface area contributed by atoms with E-state index in [1.54, 1.807) is 24.4 Å². The highest BCUT2D eigenvalue weighted by Gasteiger charge is 2.15. The highest BCUT2D eigenvalue weighted by atomic mass is 16.5. The minimum Gasteiger partial charge on any atom is -0.493 e. The molecule has 3 rings (SSSR count). The molecule has 0 unspecified atom stereocenters. The molecular weight excluding hydrogens is 356 g/mol. The molecule has 1 heterocycles. The first-order valence-electron chi connectivity index (χ1n) is 8.65. The predicted molar refractivity (Wildman–Crippen MR) is 107 cm³/mol.